The quantitative estimate of drug-likeness (QED) is 0.355. The summed E-state index contributed by atoms with van der Waals surface area (Å²) in [4.78, 5) is 35.2. The molecule has 0 saturated heterocycles. The predicted octanol–water partition coefficient (Wildman–Crippen LogP) is 5.06. The molecule has 0 bridgehead atoms. The maximum atomic E-state index is 12.5. The van der Waals surface area contributed by atoms with Crippen molar-refractivity contribution < 1.29 is 19.5 Å². The highest BCUT2D eigenvalue weighted by atomic mass is 16.4. The average Bonchev–Trinajstić information content (AvgIpc) is 2.94. The largest absolute Gasteiger partial charge is 0.481 e. The summed E-state index contributed by atoms with van der Waals surface area (Å²) in [7, 11) is 0. The summed E-state index contributed by atoms with van der Waals surface area (Å²) >= 11 is 0. The monoisotopic (exact) mass is 370 g/mol. The molecule has 0 radical (unpaired) electrons. The summed E-state index contributed by atoms with van der Waals surface area (Å²) in [6.45, 7) is 3.96. The highest BCUT2D eigenvalue weighted by molar-refractivity contribution is 6.04. The molecule has 1 N–H and O–H groups in total. The maximum Gasteiger partial charge on any atom is 0.303 e. The number of ketones is 2. The molecule has 0 spiro atoms. The third-order valence-electron chi connectivity index (χ3n) is 5.31. The topological polar surface area (TPSA) is 71.4 Å². The summed E-state index contributed by atoms with van der Waals surface area (Å²) < 4.78 is 0. The summed E-state index contributed by atoms with van der Waals surface area (Å²) in [5, 5.41) is 8.65. The number of aliphatic carboxylic acids is 1. The first kappa shape index (κ1) is 21.1. The molecule has 1 aliphatic rings. The molecule has 0 aromatic heterocycles. The number of hydrogen-bond donors (Lipinski definition) is 1. The van der Waals surface area contributed by atoms with Gasteiger partial charge in [0.2, 0.25) is 0 Å². The number of carbonyl (C=O) groups excluding carboxylic acids is 2. The highest BCUT2D eigenvalue weighted by Gasteiger charge is 2.32. The molecule has 0 aliphatic heterocycles. The van der Waals surface area contributed by atoms with Gasteiger partial charge in [0.25, 0.3) is 0 Å². The Kier molecular flexibility index (Phi) is 7.96. The van der Waals surface area contributed by atoms with Crippen LogP contribution in [0.1, 0.15) is 72.9 Å². The number of allylic oxidation sites excluding steroid dienone is 2. The van der Waals surface area contributed by atoms with E-state index in [9.17, 15) is 14.4 Å². The van der Waals surface area contributed by atoms with Crippen molar-refractivity contribution in [1.82, 2.24) is 0 Å². The van der Waals surface area contributed by atoms with Crippen LogP contribution in [0, 0.1) is 25.7 Å². The summed E-state index contributed by atoms with van der Waals surface area (Å²) in [6, 6.07) is 5.84. The molecule has 146 valence electrons. The first-order valence-electron chi connectivity index (χ1n) is 9.92. The fourth-order valence-electron chi connectivity index (χ4n) is 3.96. The molecule has 1 aromatic rings. The zero-order chi connectivity index (χ0) is 19.8. The van der Waals surface area contributed by atoms with E-state index in [-0.39, 0.29) is 24.0 Å². The van der Waals surface area contributed by atoms with Gasteiger partial charge in [-0.1, -0.05) is 42.5 Å². The second kappa shape index (κ2) is 10.2. The van der Waals surface area contributed by atoms with Gasteiger partial charge in [0, 0.05) is 24.3 Å². The second-order valence-electron chi connectivity index (χ2n) is 7.72. The van der Waals surface area contributed by atoms with Crippen molar-refractivity contribution in [3.63, 3.8) is 0 Å². The van der Waals surface area contributed by atoms with Crippen molar-refractivity contribution >= 4 is 17.5 Å². The number of unbranched alkanes of at least 4 members (excludes halogenated alkanes) is 3. The first-order valence-corrected chi connectivity index (χ1v) is 9.92. The van der Waals surface area contributed by atoms with Crippen LogP contribution >= 0.6 is 0 Å². The molecular formula is C23H30O4. The third-order valence-corrected chi connectivity index (χ3v) is 5.31. The third kappa shape index (κ3) is 6.78. The minimum absolute atomic E-state index is 0.00595. The zero-order valence-electron chi connectivity index (χ0n) is 16.4. The van der Waals surface area contributed by atoms with Crippen LogP contribution in [-0.4, -0.2) is 22.6 Å². The smallest absolute Gasteiger partial charge is 0.303 e. The van der Waals surface area contributed by atoms with Gasteiger partial charge in [0.1, 0.15) is 5.78 Å². The Morgan fingerprint density at radius 2 is 1.74 bits per heavy atom. The molecule has 2 atom stereocenters. The van der Waals surface area contributed by atoms with Crippen LogP contribution in [0.4, 0.5) is 0 Å². The number of carbonyl (C=O) groups is 3. The molecule has 0 heterocycles. The average molecular weight is 370 g/mol. The van der Waals surface area contributed by atoms with E-state index in [1.54, 1.807) is 6.08 Å². The molecule has 0 amide bonds. The van der Waals surface area contributed by atoms with E-state index in [1.807, 2.05) is 38.1 Å². The summed E-state index contributed by atoms with van der Waals surface area (Å²) in [5.74, 6) is -0.304. The van der Waals surface area contributed by atoms with E-state index in [2.05, 4.69) is 0 Å². The van der Waals surface area contributed by atoms with Gasteiger partial charge in [-0.05, 0) is 57.2 Å². The van der Waals surface area contributed by atoms with Gasteiger partial charge in [-0.2, -0.15) is 0 Å². The Morgan fingerprint density at radius 1 is 1.07 bits per heavy atom. The summed E-state index contributed by atoms with van der Waals surface area (Å²) in [6.07, 6.45) is 9.50. The lowest BCUT2D eigenvalue weighted by atomic mass is 9.89. The van der Waals surface area contributed by atoms with Crippen LogP contribution in [-0.2, 0) is 9.59 Å². The van der Waals surface area contributed by atoms with E-state index < -0.39 is 5.97 Å². The van der Waals surface area contributed by atoms with Crippen LogP contribution in [0.25, 0.3) is 0 Å². The van der Waals surface area contributed by atoms with Gasteiger partial charge in [0.05, 0.1) is 0 Å². The Bertz CT molecular complexity index is 697. The van der Waals surface area contributed by atoms with E-state index >= 15 is 0 Å². The molecule has 4 heteroatoms. The predicted molar refractivity (Wildman–Crippen MR) is 106 cm³/mol. The van der Waals surface area contributed by atoms with Crippen molar-refractivity contribution in [3.05, 3.63) is 47.0 Å². The fraction of sp³-hybridized carbons (Fsp3) is 0.522. The number of aryl methyl sites for hydroxylation is 2. The van der Waals surface area contributed by atoms with Crippen molar-refractivity contribution in [1.29, 1.82) is 0 Å². The van der Waals surface area contributed by atoms with Gasteiger partial charge in [-0.25, -0.2) is 0 Å². The van der Waals surface area contributed by atoms with Crippen LogP contribution in [0.5, 0.6) is 0 Å². The molecule has 2 unspecified atom stereocenters. The molecule has 27 heavy (non-hydrogen) atoms. The number of carboxylic acids is 1. The number of Topliss-reactive ketones (excluding diaryl/α,β-unsaturated/α-hetero) is 1. The lowest BCUT2D eigenvalue weighted by molar-refractivity contribution is -0.137. The Morgan fingerprint density at radius 3 is 2.41 bits per heavy atom. The maximum absolute atomic E-state index is 12.5. The van der Waals surface area contributed by atoms with Crippen molar-refractivity contribution in [2.45, 2.75) is 65.2 Å². The second-order valence-corrected chi connectivity index (χ2v) is 7.72. The van der Waals surface area contributed by atoms with Crippen LogP contribution < -0.4 is 0 Å². The minimum Gasteiger partial charge on any atom is -0.481 e. The molecule has 4 nitrogen and oxygen atoms in total. The highest BCUT2D eigenvalue weighted by Crippen LogP contribution is 2.34. The molecule has 1 saturated carbocycles. The Labute approximate surface area is 161 Å². The van der Waals surface area contributed by atoms with Gasteiger partial charge in [-0.3, -0.25) is 14.4 Å². The van der Waals surface area contributed by atoms with E-state index in [0.717, 1.165) is 43.2 Å². The minimum atomic E-state index is -0.750. The molecule has 1 aliphatic carbocycles. The normalized spacial score (nSPS) is 19.7. The van der Waals surface area contributed by atoms with Gasteiger partial charge in [-0.15, -0.1) is 0 Å². The molecule has 1 fully saturated rings. The number of benzene rings is 1. The Hall–Kier alpha value is -2.23. The van der Waals surface area contributed by atoms with E-state index in [4.69, 9.17) is 5.11 Å². The van der Waals surface area contributed by atoms with E-state index in [1.165, 1.54) is 0 Å². The van der Waals surface area contributed by atoms with Gasteiger partial charge >= 0.3 is 5.97 Å². The SMILES string of the molecule is Cc1cc(C)cc(C(=O)/C=C/C2CCC(=O)C2CCCCCCC(=O)O)c1. The van der Waals surface area contributed by atoms with Crippen LogP contribution in [0.15, 0.2) is 30.4 Å². The van der Waals surface area contributed by atoms with Crippen molar-refractivity contribution in [3.8, 4) is 0 Å². The fourth-order valence-corrected chi connectivity index (χ4v) is 3.96. The Balaban J connectivity index is 1.86. The molecule has 2 rings (SSSR count). The molecule has 1 aromatic carbocycles. The molecular weight excluding hydrogens is 340 g/mol. The number of rotatable bonds is 10. The van der Waals surface area contributed by atoms with Gasteiger partial charge < -0.3 is 5.11 Å². The van der Waals surface area contributed by atoms with Gasteiger partial charge in [0.15, 0.2) is 5.78 Å². The van der Waals surface area contributed by atoms with E-state index in [0.29, 0.717) is 24.2 Å². The zero-order valence-corrected chi connectivity index (χ0v) is 16.4. The van der Waals surface area contributed by atoms with Crippen molar-refractivity contribution in [2.24, 2.45) is 11.8 Å². The lowest BCUT2D eigenvalue weighted by Crippen LogP contribution is -2.13. The van der Waals surface area contributed by atoms with Crippen molar-refractivity contribution in [2.75, 3.05) is 0 Å². The lowest BCUT2D eigenvalue weighted by Gasteiger charge is -2.14. The standard InChI is InChI=1S/C23H30O4/c1-16-13-17(2)15-19(14-16)21(24)11-9-18-10-12-22(25)20(18)7-5-3-4-6-8-23(26)27/h9,11,13-15,18,20H,3-8,10,12H2,1-2H3,(H,26,27)/b11-9+. The first-order chi connectivity index (χ1) is 12.9. The number of carboxylic acid groups (broad SMARTS) is 1. The summed E-state index contributed by atoms with van der Waals surface area (Å²) in [5.41, 5.74) is 2.84. The number of hydrogen-bond acceptors (Lipinski definition) is 3. The van der Waals surface area contributed by atoms with Crippen LogP contribution in [0.3, 0.4) is 0 Å². The van der Waals surface area contributed by atoms with Crippen LogP contribution in [0.2, 0.25) is 0 Å².